The molecule has 2 aromatic heterocycles. The number of aromatic nitrogens is 5. The van der Waals surface area contributed by atoms with Crippen molar-refractivity contribution in [1.29, 1.82) is 0 Å². The Morgan fingerprint density at radius 2 is 0.722 bits per heavy atom. The maximum absolute atomic E-state index is 4.88. The number of nitrogens with zero attached hydrogens (tertiary/aromatic N) is 5. The molecule has 0 radical (unpaired) electrons. The van der Waals surface area contributed by atoms with Crippen LogP contribution >= 0.6 is 0 Å². The smallest absolute Gasteiger partial charge is 0.164 e. The minimum atomic E-state index is 0.590. The van der Waals surface area contributed by atoms with Crippen molar-refractivity contribution >= 4 is 0 Å². The van der Waals surface area contributed by atoms with Gasteiger partial charge in [-0.2, -0.15) is 0 Å². The van der Waals surface area contributed by atoms with Gasteiger partial charge < -0.3 is 0 Å². The summed E-state index contributed by atoms with van der Waals surface area (Å²) in [5, 5.41) is 9.04. The van der Waals surface area contributed by atoms with Gasteiger partial charge in [0.15, 0.2) is 17.5 Å². The number of hydrogen-bond donors (Lipinski definition) is 0. The summed E-state index contributed by atoms with van der Waals surface area (Å²) in [7, 11) is 0. The van der Waals surface area contributed by atoms with Gasteiger partial charge in [-0.1, -0.05) is 115 Å². The van der Waals surface area contributed by atoms with E-state index >= 15 is 0 Å². The second kappa shape index (κ2) is 9.68. The lowest BCUT2D eigenvalue weighted by Crippen LogP contribution is -2.01. The lowest BCUT2D eigenvalue weighted by atomic mass is 10.0. The predicted molar refractivity (Wildman–Crippen MR) is 143 cm³/mol. The monoisotopic (exact) mass is 463 g/mol. The van der Waals surface area contributed by atoms with Gasteiger partial charge in [0.05, 0.1) is 11.4 Å². The molecule has 0 unspecified atom stereocenters. The molecular formula is C31H21N5. The van der Waals surface area contributed by atoms with Gasteiger partial charge in [-0.25, -0.2) is 15.0 Å². The van der Waals surface area contributed by atoms with Crippen LogP contribution in [-0.2, 0) is 0 Å². The second-order valence-corrected chi connectivity index (χ2v) is 8.25. The first-order valence-electron chi connectivity index (χ1n) is 11.7. The Morgan fingerprint density at radius 1 is 0.306 bits per heavy atom. The summed E-state index contributed by atoms with van der Waals surface area (Å²) in [4.78, 5) is 14.6. The highest BCUT2D eigenvalue weighted by Crippen LogP contribution is 2.31. The van der Waals surface area contributed by atoms with Crippen LogP contribution in [0.5, 0.6) is 0 Å². The molecule has 2 heterocycles. The molecule has 170 valence electrons. The molecule has 0 fully saturated rings. The van der Waals surface area contributed by atoms with Gasteiger partial charge in [0.2, 0.25) is 0 Å². The molecule has 0 N–H and O–H groups in total. The lowest BCUT2D eigenvalue weighted by molar-refractivity contribution is 1.04. The van der Waals surface area contributed by atoms with Gasteiger partial charge in [-0.05, 0) is 12.1 Å². The van der Waals surface area contributed by atoms with Gasteiger partial charge in [-0.15, -0.1) is 10.2 Å². The number of benzene rings is 4. The van der Waals surface area contributed by atoms with Crippen LogP contribution in [0.2, 0.25) is 0 Å². The molecule has 4 aromatic carbocycles. The van der Waals surface area contributed by atoms with Crippen LogP contribution < -0.4 is 0 Å². The van der Waals surface area contributed by atoms with Crippen molar-refractivity contribution in [3.63, 3.8) is 0 Å². The van der Waals surface area contributed by atoms with Crippen molar-refractivity contribution in [2.75, 3.05) is 0 Å². The van der Waals surface area contributed by atoms with Crippen LogP contribution in [0.25, 0.3) is 56.7 Å². The molecule has 0 aliphatic heterocycles. The fourth-order valence-electron chi connectivity index (χ4n) is 4.07. The first-order chi connectivity index (χ1) is 17.8. The van der Waals surface area contributed by atoms with Gasteiger partial charge in [0.25, 0.3) is 0 Å². The summed E-state index contributed by atoms with van der Waals surface area (Å²) < 4.78 is 0. The Labute approximate surface area is 209 Å². The van der Waals surface area contributed by atoms with E-state index in [0.717, 1.165) is 39.2 Å². The van der Waals surface area contributed by atoms with Crippen LogP contribution in [0, 0.1) is 0 Å². The van der Waals surface area contributed by atoms with Crippen molar-refractivity contribution in [2.45, 2.75) is 0 Å². The van der Waals surface area contributed by atoms with E-state index in [1.807, 2.05) is 127 Å². The summed E-state index contributed by atoms with van der Waals surface area (Å²) in [6.07, 6.45) is 0. The standard InChI is InChI=1S/C31H21N5/c1-4-12-22(13-5-1)27-20-21-28(36-35-27)25-18-10-11-19-26(25)31-33-29(23-14-6-2-7-15-23)32-30(34-31)24-16-8-3-9-17-24/h1-21H. The first kappa shape index (κ1) is 21.5. The molecule has 0 atom stereocenters. The Hall–Kier alpha value is -5.03. The maximum atomic E-state index is 4.88. The zero-order chi connectivity index (χ0) is 24.2. The Bertz CT molecular complexity index is 1540. The number of hydrogen-bond acceptors (Lipinski definition) is 5. The largest absolute Gasteiger partial charge is 0.208 e. The first-order valence-corrected chi connectivity index (χ1v) is 11.7. The minimum absolute atomic E-state index is 0.590. The van der Waals surface area contributed by atoms with E-state index < -0.39 is 0 Å². The van der Waals surface area contributed by atoms with E-state index in [2.05, 4.69) is 10.2 Å². The summed E-state index contributed by atoms with van der Waals surface area (Å²) in [5.74, 6) is 1.84. The summed E-state index contributed by atoms with van der Waals surface area (Å²) in [6.45, 7) is 0. The fourth-order valence-corrected chi connectivity index (χ4v) is 4.07. The highest BCUT2D eigenvalue weighted by atomic mass is 15.1. The molecular weight excluding hydrogens is 442 g/mol. The van der Waals surface area contributed by atoms with Gasteiger partial charge >= 0.3 is 0 Å². The van der Waals surface area contributed by atoms with Gasteiger partial charge in [-0.3, -0.25) is 0 Å². The van der Waals surface area contributed by atoms with Crippen molar-refractivity contribution in [3.05, 3.63) is 127 Å². The Balaban J connectivity index is 1.48. The minimum Gasteiger partial charge on any atom is -0.208 e. The second-order valence-electron chi connectivity index (χ2n) is 8.25. The zero-order valence-electron chi connectivity index (χ0n) is 19.4. The van der Waals surface area contributed by atoms with E-state index in [-0.39, 0.29) is 0 Å². The van der Waals surface area contributed by atoms with Gasteiger partial charge in [0, 0.05) is 27.8 Å². The molecule has 6 aromatic rings. The summed E-state index contributed by atoms with van der Waals surface area (Å²) in [6, 6.07) is 42.0. The molecule has 0 aliphatic rings. The molecule has 0 saturated heterocycles. The summed E-state index contributed by atoms with van der Waals surface area (Å²) in [5.41, 5.74) is 6.26. The van der Waals surface area contributed by atoms with Crippen LogP contribution in [0.3, 0.4) is 0 Å². The molecule has 0 spiro atoms. The Morgan fingerprint density at radius 3 is 1.25 bits per heavy atom. The van der Waals surface area contributed by atoms with Crippen LogP contribution in [0.15, 0.2) is 127 Å². The maximum Gasteiger partial charge on any atom is 0.164 e. The average molecular weight is 464 g/mol. The van der Waals surface area contributed by atoms with Crippen LogP contribution in [0.4, 0.5) is 0 Å². The predicted octanol–water partition coefficient (Wildman–Crippen LogP) is 7.00. The highest BCUT2D eigenvalue weighted by Gasteiger charge is 2.16. The highest BCUT2D eigenvalue weighted by molar-refractivity contribution is 5.80. The molecule has 0 aliphatic carbocycles. The molecule has 0 bridgehead atoms. The van der Waals surface area contributed by atoms with Crippen molar-refractivity contribution in [1.82, 2.24) is 25.1 Å². The summed E-state index contributed by atoms with van der Waals surface area (Å²) >= 11 is 0. The van der Waals surface area contributed by atoms with E-state index in [1.165, 1.54) is 0 Å². The SMILES string of the molecule is c1ccc(-c2ccc(-c3ccccc3-c3nc(-c4ccccc4)nc(-c4ccccc4)n3)nn2)cc1. The molecule has 0 saturated carbocycles. The fraction of sp³-hybridized carbons (Fsp3) is 0. The van der Waals surface area contributed by atoms with Crippen molar-refractivity contribution in [2.24, 2.45) is 0 Å². The molecule has 0 amide bonds. The zero-order valence-corrected chi connectivity index (χ0v) is 19.4. The van der Waals surface area contributed by atoms with Crippen molar-refractivity contribution < 1.29 is 0 Å². The normalized spacial score (nSPS) is 10.8. The molecule has 6 rings (SSSR count). The number of rotatable bonds is 5. The lowest BCUT2D eigenvalue weighted by Gasteiger charge is -2.11. The van der Waals surface area contributed by atoms with E-state index in [4.69, 9.17) is 15.0 Å². The third kappa shape index (κ3) is 4.38. The third-order valence-electron chi connectivity index (χ3n) is 5.88. The van der Waals surface area contributed by atoms with Crippen LogP contribution in [0.1, 0.15) is 0 Å². The molecule has 5 nitrogen and oxygen atoms in total. The van der Waals surface area contributed by atoms with E-state index in [0.29, 0.717) is 17.5 Å². The Kier molecular flexibility index (Phi) is 5.78. The molecule has 5 heteroatoms. The molecule has 36 heavy (non-hydrogen) atoms. The van der Waals surface area contributed by atoms with E-state index in [9.17, 15) is 0 Å². The van der Waals surface area contributed by atoms with Crippen molar-refractivity contribution in [3.8, 4) is 56.7 Å². The topological polar surface area (TPSA) is 64.5 Å². The van der Waals surface area contributed by atoms with E-state index in [1.54, 1.807) is 0 Å². The third-order valence-corrected chi connectivity index (χ3v) is 5.88. The quantitative estimate of drug-likeness (QED) is 0.275. The van der Waals surface area contributed by atoms with Crippen LogP contribution in [-0.4, -0.2) is 25.1 Å². The average Bonchev–Trinajstić information content (AvgIpc) is 2.98. The van der Waals surface area contributed by atoms with Gasteiger partial charge in [0.1, 0.15) is 0 Å².